The molecule has 0 bridgehead atoms. The van der Waals surface area contributed by atoms with E-state index < -0.39 is 0 Å². The van der Waals surface area contributed by atoms with Crippen molar-refractivity contribution >= 4 is 17.5 Å². The fourth-order valence-corrected chi connectivity index (χ4v) is 2.17. The minimum absolute atomic E-state index is 0.0467. The molecule has 0 atom stereocenters. The van der Waals surface area contributed by atoms with E-state index in [4.69, 9.17) is 0 Å². The number of carbonyl (C=O) groups excluding carboxylic acids is 1. The standard InChI is InChI=1S/C12H19N5O/c1-9(18)15-10-3-5-17(6-4-10)12-8-14-7-11(13-2)16-12/h7-8,10H,3-6H2,1-2H3,(H,13,16)(H,15,18). The highest BCUT2D eigenvalue weighted by Gasteiger charge is 2.20. The van der Waals surface area contributed by atoms with E-state index in [1.54, 1.807) is 19.3 Å². The van der Waals surface area contributed by atoms with Gasteiger partial charge in [0.1, 0.15) is 11.6 Å². The minimum atomic E-state index is 0.0467. The molecule has 1 fully saturated rings. The Bertz CT molecular complexity index is 415. The summed E-state index contributed by atoms with van der Waals surface area (Å²) in [6, 6.07) is 0.291. The van der Waals surface area contributed by atoms with Gasteiger partial charge in [-0.3, -0.25) is 9.78 Å². The van der Waals surface area contributed by atoms with Crippen LogP contribution in [0.5, 0.6) is 0 Å². The van der Waals surface area contributed by atoms with Crippen LogP contribution < -0.4 is 15.5 Å². The second kappa shape index (κ2) is 5.66. The summed E-state index contributed by atoms with van der Waals surface area (Å²) in [7, 11) is 1.83. The SMILES string of the molecule is CNc1cncc(N2CCC(NC(C)=O)CC2)n1. The molecule has 0 aliphatic carbocycles. The van der Waals surface area contributed by atoms with Gasteiger partial charge in [-0.25, -0.2) is 4.98 Å². The van der Waals surface area contributed by atoms with E-state index in [9.17, 15) is 4.79 Å². The molecule has 1 aromatic heterocycles. The summed E-state index contributed by atoms with van der Waals surface area (Å²) in [6.07, 6.45) is 5.38. The van der Waals surface area contributed by atoms with Gasteiger partial charge < -0.3 is 15.5 Å². The molecule has 1 aliphatic rings. The number of carbonyl (C=O) groups is 1. The quantitative estimate of drug-likeness (QED) is 0.822. The van der Waals surface area contributed by atoms with Crippen LogP contribution in [0.2, 0.25) is 0 Å². The molecular formula is C12H19N5O. The first-order valence-electron chi connectivity index (χ1n) is 6.21. The summed E-state index contributed by atoms with van der Waals surface area (Å²) >= 11 is 0. The summed E-state index contributed by atoms with van der Waals surface area (Å²) in [5.41, 5.74) is 0. The molecule has 6 nitrogen and oxygen atoms in total. The molecule has 1 saturated heterocycles. The van der Waals surface area contributed by atoms with Crippen molar-refractivity contribution in [2.45, 2.75) is 25.8 Å². The topological polar surface area (TPSA) is 70.2 Å². The highest BCUT2D eigenvalue weighted by molar-refractivity contribution is 5.73. The van der Waals surface area contributed by atoms with Crippen molar-refractivity contribution in [1.29, 1.82) is 0 Å². The van der Waals surface area contributed by atoms with Crippen LogP contribution in [-0.2, 0) is 4.79 Å². The van der Waals surface area contributed by atoms with E-state index in [0.29, 0.717) is 6.04 Å². The molecule has 1 amide bonds. The van der Waals surface area contributed by atoms with Crippen molar-refractivity contribution in [2.75, 3.05) is 30.4 Å². The van der Waals surface area contributed by atoms with Crippen LogP contribution in [0.1, 0.15) is 19.8 Å². The Balaban J connectivity index is 1.94. The van der Waals surface area contributed by atoms with E-state index in [0.717, 1.165) is 37.6 Å². The van der Waals surface area contributed by atoms with Gasteiger partial charge in [0.15, 0.2) is 0 Å². The number of rotatable bonds is 3. The van der Waals surface area contributed by atoms with Gasteiger partial charge in [0.25, 0.3) is 0 Å². The Labute approximate surface area is 107 Å². The molecule has 0 saturated carbocycles. The predicted molar refractivity (Wildman–Crippen MR) is 70.6 cm³/mol. The van der Waals surface area contributed by atoms with Gasteiger partial charge in [0.05, 0.1) is 12.4 Å². The van der Waals surface area contributed by atoms with E-state index in [1.807, 2.05) is 7.05 Å². The van der Waals surface area contributed by atoms with E-state index in [1.165, 1.54) is 0 Å². The van der Waals surface area contributed by atoms with E-state index in [2.05, 4.69) is 25.5 Å². The van der Waals surface area contributed by atoms with E-state index >= 15 is 0 Å². The Kier molecular flexibility index (Phi) is 3.96. The van der Waals surface area contributed by atoms with Crippen LogP contribution in [0.25, 0.3) is 0 Å². The summed E-state index contributed by atoms with van der Waals surface area (Å²) in [6.45, 7) is 3.35. The maximum atomic E-state index is 11.0. The lowest BCUT2D eigenvalue weighted by Gasteiger charge is -2.32. The van der Waals surface area contributed by atoms with Crippen LogP contribution in [0.4, 0.5) is 11.6 Å². The molecule has 2 rings (SSSR count). The number of piperidine rings is 1. The zero-order valence-corrected chi connectivity index (χ0v) is 10.8. The number of nitrogens with one attached hydrogen (secondary N) is 2. The van der Waals surface area contributed by atoms with Crippen LogP contribution in [-0.4, -0.2) is 42.1 Å². The Hall–Kier alpha value is -1.85. The number of anilines is 2. The molecule has 18 heavy (non-hydrogen) atoms. The second-order valence-corrected chi connectivity index (χ2v) is 4.47. The van der Waals surface area contributed by atoms with Gasteiger partial charge in [-0.05, 0) is 12.8 Å². The third kappa shape index (κ3) is 3.09. The average molecular weight is 249 g/mol. The third-order valence-electron chi connectivity index (χ3n) is 3.10. The van der Waals surface area contributed by atoms with Gasteiger partial charge >= 0.3 is 0 Å². The molecule has 2 N–H and O–H groups in total. The minimum Gasteiger partial charge on any atom is -0.372 e. The first kappa shape index (κ1) is 12.6. The van der Waals surface area contributed by atoms with Gasteiger partial charge in [0.2, 0.25) is 5.91 Å². The monoisotopic (exact) mass is 249 g/mol. The highest BCUT2D eigenvalue weighted by Crippen LogP contribution is 2.18. The van der Waals surface area contributed by atoms with Gasteiger partial charge in [-0.15, -0.1) is 0 Å². The van der Waals surface area contributed by atoms with Crippen molar-refractivity contribution in [3.05, 3.63) is 12.4 Å². The van der Waals surface area contributed by atoms with Crippen LogP contribution >= 0.6 is 0 Å². The second-order valence-electron chi connectivity index (χ2n) is 4.47. The lowest BCUT2D eigenvalue weighted by molar-refractivity contribution is -0.119. The lowest BCUT2D eigenvalue weighted by Crippen LogP contribution is -2.44. The fourth-order valence-electron chi connectivity index (χ4n) is 2.17. The smallest absolute Gasteiger partial charge is 0.217 e. The summed E-state index contributed by atoms with van der Waals surface area (Å²) in [4.78, 5) is 21.8. The zero-order chi connectivity index (χ0) is 13.0. The summed E-state index contributed by atoms with van der Waals surface area (Å²) in [5.74, 6) is 1.71. The molecular weight excluding hydrogens is 230 g/mol. The third-order valence-corrected chi connectivity index (χ3v) is 3.10. The molecule has 0 radical (unpaired) electrons. The Morgan fingerprint density at radius 2 is 2.11 bits per heavy atom. The molecule has 0 unspecified atom stereocenters. The van der Waals surface area contributed by atoms with E-state index in [-0.39, 0.29) is 5.91 Å². The fraction of sp³-hybridized carbons (Fsp3) is 0.583. The van der Waals surface area contributed by atoms with Gasteiger partial charge in [0, 0.05) is 33.1 Å². The lowest BCUT2D eigenvalue weighted by atomic mass is 10.1. The maximum Gasteiger partial charge on any atom is 0.217 e. The maximum absolute atomic E-state index is 11.0. The number of nitrogens with zero attached hydrogens (tertiary/aromatic N) is 3. The summed E-state index contributed by atoms with van der Waals surface area (Å²) in [5, 5.41) is 5.95. The van der Waals surface area contributed by atoms with Crippen LogP contribution in [0.3, 0.4) is 0 Å². The highest BCUT2D eigenvalue weighted by atomic mass is 16.1. The normalized spacial score (nSPS) is 16.4. The molecule has 1 aliphatic heterocycles. The Morgan fingerprint density at radius 3 is 2.72 bits per heavy atom. The van der Waals surface area contributed by atoms with Crippen molar-refractivity contribution < 1.29 is 4.79 Å². The first-order valence-corrected chi connectivity index (χ1v) is 6.21. The zero-order valence-electron chi connectivity index (χ0n) is 10.8. The van der Waals surface area contributed by atoms with Crippen molar-refractivity contribution in [3.8, 4) is 0 Å². The van der Waals surface area contributed by atoms with Crippen LogP contribution in [0, 0.1) is 0 Å². The van der Waals surface area contributed by atoms with Gasteiger partial charge in [-0.2, -0.15) is 0 Å². The molecule has 6 heteroatoms. The molecule has 98 valence electrons. The molecule has 1 aromatic rings. The van der Waals surface area contributed by atoms with Crippen molar-refractivity contribution in [1.82, 2.24) is 15.3 Å². The number of hydrogen-bond acceptors (Lipinski definition) is 5. The number of hydrogen-bond donors (Lipinski definition) is 2. The average Bonchev–Trinajstić information content (AvgIpc) is 2.39. The molecule has 0 aromatic carbocycles. The largest absolute Gasteiger partial charge is 0.372 e. The predicted octanol–water partition coefficient (Wildman–Crippen LogP) is 0.623. The van der Waals surface area contributed by atoms with Crippen molar-refractivity contribution in [3.63, 3.8) is 0 Å². The Morgan fingerprint density at radius 1 is 1.39 bits per heavy atom. The van der Waals surface area contributed by atoms with Gasteiger partial charge in [-0.1, -0.05) is 0 Å². The molecule has 2 heterocycles. The van der Waals surface area contributed by atoms with Crippen molar-refractivity contribution in [2.24, 2.45) is 0 Å². The number of amides is 1. The van der Waals surface area contributed by atoms with Crippen LogP contribution in [0.15, 0.2) is 12.4 Å². The number of aromatic nitrogens is 2. The molecule has 0 spiro atoms. The summed E-state index contributed by atoms with van der Waals surface area (Å²) < 4.78 is 0. The first-order chi connectivity index (χ1) is 8.69.